The molecule has 1 aromatic heterocycles. The lowest BCUT2D eigenvalue weighted by Gasteiger charge is -2.17. The third kappa shape index (κ3) is 3.18. The molecule has 0 saturated heterocycles. The van der Waals surface area contributed by atoms with Crippen molar-refractivity contribution in [3.05, 3.63) is 30.0 Å². The third-order valence-corrected chi connectivity index (χ3v) is 6.59. The van der Waals surface area contributed by atoms with Gasteiger partial charge in [0, 0.05) is 5.39 Å². The highest BCUT2D eigenvalue weighted by molar-refractivity contribution is 7.90. The van der Waals surface area contributed by atoms with Crippen molar-refractivity contribution in [2.45, 2.75) is 25.4 Å². The summed E-state index contributed by atoms with van der Waals surface area (Å²) >= 11 is 0. The zero-order chi connectivity index (χ0) is 13.4. The van der Waals surface area contributed by atoms with Crippen molar-refractivity contribution in [1.82, 2.24) is 9.54 Å². The average Bonchev–Trinajstić information content (AvgIpc) is 2.57. The van der Waals surface area contributed by atoms with E-state index >= 15 is 0 Å². The summed E-state index contributed by atoms with van der Waals surface area (Å²) in [5.41, 5.74) is 1.06. The standard InChI is InChI=1S/C11H16N2O3SSi/c1-18(2,3)13-17(14,15)8-10-9-6-4-5-7-11(9)16-12-10/h4-7,13H,8H2,1-3H3. The molecule has 1 heterocycles. The van der Waals surface area contributed by atoms with Crippen molar-refractivity contribution in [1.29, 1.82) is 0 Å². The number of nitrogens with zero attached hydrogens (tertiary/aromatic N) is 1. The van der Waals surface area contributed by atoms with Gasteiger partial charge in [0.1, 0.15) is 19.7 Å². The van der Waals surface area contributed by atoms with Gasteiger partial charge in [-0.3, -0.25) is 0 Å². The van der Waals surface area contributed by atoms with E-state index in [9.17, 15) is 8.42 Å². The van der Waals surface area contributed by atoms with Gasteiger partial charge in [0.15, 0.2) is 5.58 Å². The topological polar surface area (TPSA) is 72.2 Å². The monoisotopic (exact) mass is 284 g/mol. The molecular formula is C11H16N2O3SSi. The smallest absolute Gasteiger partial charge is 0.211 e. The van der Waals surface area contributed by atoms with Gasteiger partial charge in [0.2, 0.25) is 10.0 Å². The maximum Gasteiger partial charge on any atom is 0.211 e. The van der Waals surface area contributed by atoms with E-state index in [4.69, 9.17) is 4.52 Å². The Bertz CT molecular complexity index is 658. The molecule has 2 rings (SSSR count). The molecule has 18 heavy (non-hydrogen) atoms. The van der Waals surface area contributed by atoms with Crippen molar-refractivity contribution < 1.29 is 12.9 Å². The molecule has 1 N–H and O–H groups in total. The van der Waals surface area contributed by atoms with Crippen LogP contribution in [-0.2, 0) is 15.8 Å². The second-order valence-electron chi connectivity index (χ2n) is 5.24. The van der Waals surface area contributed by atoms with Crippen LogP contribution < -0.4 is 4.39 Å². The molecule has 0 bridgehead atoms. The number of sulfonamides is 1. The number of hydrogen-bond donors (Lipinski definition) is 1. The molecule has 2 aromatic rings. The van der Waals surface area contributed by atoms with Gasteiger partial charge in [0.05, 0.1) is 0 Å². The minimum absolute atomic E-state index is 0.145. The molecule has 0 aliphatic carbocycles. The van der Waals surface area contributed by atoms with Crippen LogP contribution in [0.4, 0.5) is 0 Å². The van der Waals surface area contributed by atoms with Crippen LogP contribution in [0.3, 0.4) is 0 Å². The minimum Gasteiger partial charge on any atom is -0.356 e. The fraction of sp³-hybridized carbons (Fsp3) is 0.364. The number of benzene rings is 1. The molecular weight excluding hydrogens is 268 g/mol. The fourth-order valence-corrected chi connectivity index (χ4v) is 6.31. The Morgan fingerprint density at radius 1 is 1.28 bits per heavy atom. The predicted molar refractivity (Wildman–Crippen MR) is 73.1 cm³/mol. The van der Waals surface area contributed by atoms with Crippen molar-refractivity contribution in [2.75, 3.05) is 0 Å². The Balaban J connectivity index is 2.29. The predicted octanol–water partition coefficient (Wildman–Crippen LogP) is 2.08. The second kappa shape index (κ2) is 4.49. The summed E-state index contributed by atoms with van der Waals surface area (Å²) in [5.74, 6) is -0.145. The van der Waals surface area contributed by atoms with Gasteiger partial charge < -0.3 is 4.52 Å². The van der Waals surface area contributed by atoms with Gasteiger partial charge in [0.25, 0.3) is 0 Å². The van der Waals surface area contributed by atoms with E-state index in [-0.39, 0.29) is 5.75 Å². The number of nitrogens with one attached hydrogen (secondary N) is 1. The summed E-state index contributed by atoms with van der Waals surface area (Å²) in [5, 5.41) is 4.58. The highest BCUT2D eigenvalue weighted by Crippen LogP contribution is 2.19. The molecule has 0 radical (unpaired) electrons. The van der Waals surface area contributed by atoms with Crippen molar-refractivity contribution >= 4 is 29.2 Å². The largest absolute Gasteiger partial charge is 0.356 e. The summed E-state index contributed by atoms with van der Waals surface area (Å²) in [6.07, 6.45) is 0. The van der Waals surface area contributed by atoms with Crippen molar-refractivity contribution in [3.8, 4) is 0 Å². The lowest BCUT2D eigenvalue weighted by molar-refractivity contribution is 0.448. The van der Waals surface area contributed by atoms with Crippen molar-refractivity contribution in [2.24, 2.45) is 0 Å². The normalized spacial score (nSPS) is 13.1. The highest BCUT2D eigenvalue weighted by atomic mass is 32.2. The molecule has 7 heteroatoms. The van der Waals surface area contributed by atoms with Crippen LogP contribution in [-0.4, -0.2) is 21.8 Å². The molecule has 0 aliphatic rings. The van der Waals surface area contributed by atoms with Gasteiger partial charge >= 0.3 is 0 Å². The van der Waals surface area contributed by atoms with Crippen LogP contribution in [0.5, 0.6) is 0 Å². The number of para-hydroxylation sites is 1. The van der Waals surface area contributed by atoms with Crippen LogP contribution >= 0.6 is 0 Å². The Labute approximate surface area is 107 Å². The zero-order valence-corrected chi connectivity index (χ0v) is 12.4. The first-order chi connectivity index (χ1) is 8.27. The number of hydrogen-bond acceptors (Lipinski definition) is 4. The van der Waals surface area contributed by atoms with E-state index in [0.29, 0.717) is 11.3 Å². The van der Waals surface area contributed by atoms with Gasteiger partial charge in [-0.2, -0.15) is 0 Å². The maximum absolute atomic E-state index is 12.0. The first-order valence-corrected chi connectivity index (χ1v) is 10.8. The molecule has 0 fully saturated rings. The van der Waals surface area contributed by atoms with Gasteiger partial charge in [-0.15, -0.1) is 0 Å². The Morgan fingerprint density at radius 2 is 1.94 bits per heavy atom. The molecule has 0 atom stereocenters. The summed E-state index contributed by atoms with van der Waals surface area (Å²) in [4.78, 5) is 0. The van der Waals surface area contributed by atoms with Crippen LogP contribution in [0.25, 0.3) is 11.0 Å². The Kier molecular flexibility index (Phi) is 3.30. The van der Waals surface area contributed by atoms with E-state index in [0.717, 1.165) is 5.39 Å². The van der Waals surface area contributed by atoms with Crippen LogP contribution in [0, 0.1) is 0 Å². The Hall–Kier alpha value is -1.18. The van der Waals surface area contributed by atoms with E-state index in [1.54, 1.807) is 6.07 Å². The molecule has 0 spiro atoms. The van der Waals surface area contributed by atoms with E-state index < -0.39 is 18.3 Å². The zero-order valence-electron chi connectivity index (χ0n) is 10.6. The number of rotatable bonds is 4. The van der Waals surface area contributed by atoms with Gasteiger partial charge in [-0.1, -0.05) is 36.9 Å². The quantitative estimate of drug-likeness (QED) is 0.873. The summed E-state index contributed by atoms with van der Waals surface area (Å²) in [7, 11) is -5.25. The maximum atomic E-state index is 12.0. The first-order valence-electron chi connectivity index (χ1n) is 5.62. The lowest BCUT2D eigenvalue weighted by Crippen LogP contribution is -2.45. The molecule has 0 amide bonds. The fourth-order valence-electron chi connectivity index (χ4n) is 1.72. The molecule has 1 aromatic carbocycles. The Morgan fingerprint density at radius 3 is 2.61 bits per heavy atom. The minimum atomic E-state index is -3.36. The van der Waals surface area contributed by atoms with Crippen LogP contribution in [0.1, 0.15) is 5.69 Å². The van der Waals surface area contributed by atoms with E-state index in [2.05, 4.69) is 9.54 Å². The summed E-state index contributed by atoms with van der Waals surface area (Å²) in [6.45, 7) is 5.81. The first kappa shape index (κ1) is 13.3. The van der Waals surface area contributed by atoms with Crippen LogP contribution in [0.2, 0.25) is 19.6 Å². The second-order valence-corrected chi connectivity index (χ2v) is 12.1. The van der Waals surface area contributed by atoms with E-state index in [1.807, 2.05) is 37.8 Å². The van der Waals surface area contributed by atoms with Crippen LogP contribution in [0.15, 0.2) is 28.8 Å². The molecule has 5 nitrogen and oxygen atoms in total. The third-order valence-electron chi connectivity index (χ3n) is 2.24. The molecule has 98 valence electrons. The number of aromatic nitrogens is 1. The van der Waals surface area contributed by atoms with E-state index in [1.165, 1.54) is 0 Å². The van der Waals surface area contributed by atoms with Gasteiger partial charge in [-0.25, -0.2) is 12.8 Å². The van der Waals surface area contributed by atoms with Gasteiger partial charge in [-0.05, 0) is 12.1 Å². The SMILES string of the molecule is C[Si](C)(C)NS(=O)(=O)Cc1noc2ccccc12. The average molecular weight is 284 g/mol. The molecule has 0 aliphatic heterocycles. The summed E-state index contributed by atoms with van der Waals surface area (Å²) < 4.78 is 31.8. The highest BCUT2D eigenvalue weighted by Gasteiger charge is 2.24. The molecule has 0 saturated carbocycles. The lowest BCUT2D eigenvalue weighted by atomic mass is 10.2. The van der Waals surface area contributed by atoms with Crippen molar-refractivity contribution in [3.63, 3.8) is 0 Å². The summed E-state index contributed by atoms with van der Waals surface area (Å²) in [6, 6.07) is 7.24. The molecule has 0 unspecified atom stereocenters. The number of fused-ring (bicyclic) bond motifs is 1.